The molecule has 0 spiro atoms. The van der Waals surface area contributed by atoms with Crippen LogP contribution in [-0.2, 0) is 17.6 Å². The van der Waals surface area contributed by atoms with Gasteiger partial charge >= 0.3 is 6.03 Å². The molecule has 2 amide bonds. The second kappa shape index (κ2) is 10.0. The molecule has 0 radical (unpaired) electrons. The molecule has 1 aliphatic rings. The van der Waals surface area contributed by atoms with Crippen molar-refractivity contribution < 1.29 is 14.3 Å². The zero-order chi connectivity index (χ0) is 23.2. The van der Waals surface area contributed by atoms with Gasteiger partial charge in [0.1, 0.15) is 23.4 Å². The lowest BCUT2D eigenvalue weighted by Crippen LogP contribution is -2.40. The van der Waals surface area contributed by atoms with Crippen LogP contribution in [-0.4, -0.2) is 52.1 Å². The summed E-state index contributed by atoms with van der Waals surface area (Å²) >= 11 is 0. The van der Waals surface area contributed by atoms with Gasteiger partial charge in [-0.1, -0.05) is 0 Å². The Labute approximate surface area is 190 Å². The van der Waals surface area contributed by atoms with Crippen LogP contribution < -0.4 is 10.2 Å². The molecule has 0 bridgehead atoms. The number of aldehydes is 1. The molecule has 0 fully saturated rings. The summed E-state index contributed by atoms with van der Waals surface area (Å²) in [5.74, 6) is 0.808. The summed E-state index contributed by atoms with van der Waals surface area (Å²) in [5.41, 5.74) is 2.99. The minimum absolute atomic E-state index is 0.225. The van der Waals surface area contributed by atoms with E-state index < -0.39 is 6.03 Å². The Morgan fingerprint density at radius 3 is 3.00 bits per heavy atom. The first-order chi connectivity index (χ1) is 16.1. The fourth-order valence-corrected chi connectivity index (χ4v) is 3.85. The number of aryl methyl sites for hydroxylation is 2. The molecule has 1 N–H and O–H groups in total. The van der Waals surface area contributed by atoms with Crippen LogP contribution in [0.4, 0.5) is 16.4 Å². The van der Waals surface area contributed by atoms with Crippen molar-refractivity contribution in [3.63, 3.8) is 0 Å². The lowest BCUT2D eigenvalue weighted by molar-refractivity contribution is 0.111. The number of imidazole rings is 1. The van der Waals surface area contributed by atoms with E-state index in [0.29, 0.717) is 48.7 Å². The number of hydrogen-bond acceptors (Lipinski definition) is 7. The van der Waals surface area contributed by atoms with E-state index in [1.54, 1.807) is 36.5 Å². The van der Waals surface area contributed by atoms with Crippen molar-refractivity contribution in [1.82, 2.24) is 19.5 Å². The number of fused-ring (bicyclic) bond motifs is 1. The van der Waals surface area contributed by atoms with Crippen LogP contribution in [0.2, 0.25) is 0 Å². The molecular formula is C23H23N7O3. The molecule has 33 heavy (non-hydrogen) atoms. The summed E-state index contributed by atoms with van der Waals surface area (Å²) < 4.78 is 6.81. The van der Waals surface area contributed by atoms with Gasteiger partial charge in [0.25, 0.3) is 0 Å². The molecule has 4 rings (SSSR count). The van der Waals surface area contributed by atoms with Crippen LogP contribution in [0, 0.1) is 11.3 Å². The van der Waals surface area contributed by atoms with Crippen molar-refractivity contribution in [2.75, 3.05) is 30.5 Å². The Hall–Kier alpha value is -4.10. The van der Waals surface area contributed by atoms with Crippen LogP contribution in [0.15, 0.2) is 37.1 Å². The van der Waals surface area contributed by atoms with Gasteiger partial charge in [-0.2, -0.15) is 5.26 Å². The quantitative estimate of drug-likeness (QED) is 0.438. The minimum Gasteiger partial charge on any atom is -0.385 e. The summed E-state index contributed by atoms with van der Waals surface area (Å²) in [6.45, 7) is 1.04. The number of rotatable bonds is 7. The first-order valence-electron chi connectivity index (χ1n) is 10.6. The molecule has 0 saturated heterocycles. The van der Waals surface area contributed by atoms with Gasteiger partial charge in [-0.3, -0.25) is 15.0 Å². The van der Waals surface area contributed by atoms with Gasteiger partial charge in [-0.05, 0) is 48.9 Å². The summed E-state index contributed by atoms with van der Waals surface area (Å²) in [6, 6.07) is 5.33. The molecule has 10 nitrogen and oxygen atoms in total. The highest BCUT2D eigenvalue weighted by atomic mass is 16.5. The first-order valence-corrected chi connectivity index (χ1v) is 10.6. The molecule has 168 valence electrons. The van der Waals surface area contributed by atoms with Crippen LogP contribution in [0.1, 0.15) is 40.0 Å². The summed E-state index contributed by atoms with van der Waals surface area (Å²) in [6.07, 6.45) is 9.99. The van der Waals surface area contributed by atoms with Crippen molar-refractivity contribution in [2.45, 2.75) is 25.7 Å². The Morgan fingerprint density at radius 1 is 1.39 bits per heavy atom. The lowest BCUT2D eigenvalue weighted by Gasteiger charge is -2.29. The number of ether oxygens (including phenoxy) is 1. The Kier molecular flexibility index (Phi) is 6.71. The Balaban J connectivity index is 1.59. The molecule has 0 unspecified atom stereocenters. The normalized spacial score (nSPS) is 12.7. The lowest BCUT2D eigenvalue weighted by atomic mass is 10.0. The predicted octanol–water partition coefficient (Wildman–Crippen LogP) is 2.91. The fraction of sp³-hybridized carbons (Fsp3) is 0.304. The number of pyridine rings is 2. The van der Waals surface area contributed by atoms with Crippen LogP contribution in [0.5, 0.6) is 0 Å². The number of amides is 2. The molecular weight excluding hydrogens is 422 g/mol. The number of carbonyl (C=O) groups excluding carboxylic acids is 2. The zero-order valence-electron chi connectivity index (χ0n) is 18.2. The molecule has 4 heterocycles. The number of anilines is 2. The number of aromatic nitrogens is 4. The number of carbonyl (C=O) groups is 2. The van der Waals surface area contributed by atoms with Crippen LogP contribution >= 0.6 is 0 Å². The Bertz CT molecular complexity index is 1200. The van der Waals surface area contributed by atoms with E-state index in [2.05, 4.69) is 26.3 Å². The third-order valence-electron chi connectivity index (χ3n) is 5.45. The van der Waals surface area contributed by atoms with E-state index in [4.69, 9.17) is 4.74 Å². The number of methoxy groups -OCH3 is 1. The number of urea groups is 1. The van der Waals surface area contributed by atoms with E-state index in [1.165, 1.54) is 11.1 Å². The maximum absolute atomic E-state index is 13.1. The SMILES string of the molecule is COCCCc1cc(NC(=O)N2CCCc3cc(-n4ccnc4)c(C=O)nc32)ncc1C#N. The zero-order valence-corrected chi connectivity index (χ0v) is 18.2. The number of nitriles is 1. The molecule has 3 aromatic heterocycles. The first kappa shape index (κ1) is 22.1. The van der Waals surface area contributed by atoms with E-state index in [0.717, 1.165) is 30.4 Å². The van der Waals surface area contributed by atoms with Gasteiger partial charge in [0.15, 0.2) is 6.29 Å². The van der Waals surface area contributed by atoms with E-state index in [9.17, 15) is 14.9 Å². The van der Waals surface area contributed by atoms with Gasteiger partial charge in [0.2, 0.25) is 0 Å². The minimum atomic E-state index is -0.393. The van der Waals surface area contributed by atoms with Crippen molar-refractivity contribution >= 4 is 24.0 Å². The number of hydrogen-bond donors (Lipinski definition) is 1. The third kappa shape index (κ3) is 4.73. The second-order valence-corrected chi connectivity index (χ2v) is 7.58. The highest BCUT2D eigenvalue weighted by molar-refractivity contribution is 6.01. The van der Waals surface area contributed by atoms with Gasteiger partial charge in [0, 0.05) is 38.9 Å². The highest BCUT2D eigenvalue weighted by Crippen LogP contribution is 2.29. The summed E-state index contributed by atoms with van der Waals surface area (Å²) in [4.78, 5) is 39.1. The van der Waals surface area contributed by atoms with Gasteiger partial charge in [-0.15, -0.1) is 0 Å². The topological polar surface area (TPSA) is 126 Å². The maximum atomic E-state index is 13.1. The number of nitrogens with zero attached hydrogens (tertiary/aromatic N) is 6. The molecule has 10 heteroatoms. The molecule has 1 aliphatic heterocycles. The molecule has 3 aromatic rings. The smallest absolute Gasteiger partial charge is 0.328 e. The van der Waals surface area contributed by atoms with Gasteiger partial charge in [0.05, 0.1) is 17.6 Å². The third-order valence-corrected chi connectivity index (χ3v) is 5.45. The van der Waals surface area contributed by atoms with Crippen LogP contribution in [0.3, 0.4) is 0 Å². The van der Waals surface area contributed by atoms with E-state index in [1.807, 2.05) is 6.07 Å². The van der Waals surface area contributed by atoms with E-state index in [-0.39, 0.29) is 5.69 Å². The van der Waals surface area contributed by atoms with Gasteiger partial charge < -0.3 is 9.30 Å². The molecule has 0 atom stereocenters. The predicted molar refractivity (Wildman–Crippen MR) is 121 cm³/mol. The second-order valence-electron chi connectivity index (χ2n) is 7.58. The van der Waals surface area contributed by atoms with Crippen LogP contribution in [0.25, 0.3) is 5.69 Å². The fourth-order valence-electron chi connectivity index (χ4n) is 3.85. The van der Waals surface area contributed by atoms with Crippen molar-refractivity contribution in [3.8, 4) is 11.8 Å². The van der Waals surface area contributed by atoms with Crippen molar-refractivity contribution in [1.29, 1.82) is 5.26 Å². The highest BCUT2D eigenvalue weighted by Gasteiger charge is 2.26. The molecule has 0 saturated carbocycles. The standard InChI is InChI=1S/C23H23N7O3/c1-33-9-3-5-16-11-21(26-13-18(16)12-24)28-23(32)30-7-2-4-17-10-20(29-8-6-25-15-29)19(14-31)27-22(17)30/h6,8,10-11,13-15H,2-5,7,9H2,1H3,(H,26,28,32). The number of nitrogens with one attached hydrogen (secondary N) is 1. The van der Waals surface area contributed by atoms with Crippen molar-refractivity contribution in [2.24, 2.45) is 0 Å². The average Bonchev–Trinajstić information content (AvgIpc) is 3.38. The summed E-state index contributed by atoms with van der Waals surface area (Å²) in [7, 11) is 1.63. The van der Waals surface area contributed by atoms with Crippen molar-refractivity contribution in [3.05, 3.63) is 59.4 Å². The average molecular weight is 445 g/mol. The Morgan fingerprint density at radius 2 is 2.27 bits per heavy atom. The monoisotopic (exact) mass is 445 g/mol. The molecule has 0 aliphatic carbocycles. The largest absolute Gasteiger partial charge is 0.385 e. The van der Waals surface area contributed by atoms with Gasteiger partial charge in [-0.25, -0.2) is 19.7 Å². The maximum Gasteiger partial charge on any atom is 0.328 e. The molecule has 0 aromatic carbocycles. The van der Waals surface area contributed by atoms with E-state index >= 15 is 0 Å². The summed E-state index contributed by atoms with van der Waals surface area (Å²) in [5, 5.41) is 12.1.